The number of hydrogen-bond donors (Lipinski definition) is 2. The van der Waals surface area contributed by atoms with Crippen LogP contribution in [0.25, 0.3) is 32.9 Å². The van der Waals surface area contributed by atoms with Crippen LogP contribution in [0.4, 0.5) is 27.8 Å². The van der Waals surface area contributed by atoms with E-state index in [1.165, 1.54) is 50.6 Å². The summed E-state index contributed by atoms with van der Waals surface area (Å²) in [7, 11) is 2.85. The average Bonchev–Trinajstić information content (AvgIpc) is 3.78. The van der Waals surface area contributed by atoms with Gasteiger partial charge in [-0.3, -0.25) is 14.7 Å². The molecule has 1 amide bonds. The van der Waals surface area contributed by atoms with Crippen LogP contribution in [0.1, 0.15) is 54.5 Å². The Bertz CT molecular complexity index is 2160. The molecule has 0 saturated carbocycles. The molecule has 7 rings (SSSR count). The molecule has 2 aliphatic heterocycles. The van der Waals surface area contributed by atoms with Crippen molar-refractivity contribution < 1.29 is 36.6 Å². The number of nitrogens with zero attached hydrogens (tertiary/aromatic N) is 7. The number of phenolic OH excluding ortho intramolecular Hbond substituents is 1. The van der Waals surface area contributed by atoms with Gasteiger partial charge in [0.2, 0.25) is 0 Å². The van der Waals surface area contributed by atoms with Crippen molar-refractivity contribution in [3.8, 4) is 23.0 Å². The molecule has 0 unspecified atom stereocenters. The van der Waals surface area contributed by atoms with Crippen LogP contribution in [0, 0.1) is 11.6 Å². The van der Waals surface area contributed by atoms with E-state index in [4.69, 9.17) is 4.74 Å². The number of hydrogen-bond acceptors (Lipinski definition) is 9. The number of amides is 1. The summed E-state index contributed by atoms with van der Waals surface area (Å²) in [5, 5.41) is 18.4. The Labute approximate surface area is 289 Å². The van der Waals surface area contributed by atoms with Gasteiger partial charge >= 0.3 is 12.6 Å². The van der Waals surface area contributed by atoms with E-state index in [1.54, 1.807) is 6.92 Å². The van der Waals surface area contributed by atoms with Gasteiger partial charge in [-0.2, -0.15) is 28.5 Å². The molecule has 51 heavy (non-hydrogen) atoms. The molecule has 2 saturated heterocycles. The Morgan fingerprint density at radius 3 is 2.75 bits per heavy atom. The Morgan fingerprint density at radius 2 is 2.00 bits per heavy atom. The van der Waals surface area contributed by atoms with E-state index in [1.807, 2.05) is 4.90 Å². The number of aryl methyl sites for hydroxylation is 1. The first kappa shape index (κ1) is 34.3. The highest BCUT2D eigenvalue weighted by atomic mass is 19.3. The zero-order chi connectivity index (χ0) is 36.2. The minimum atomic E-state index is -3.08. The Morgan fingerprint density at radius 1 is 1.20 bits per heavy atom. The van der Waals surface area contributed by atoms with Crippen LogP contribution in [-0.2, 0) is 13.0 Å². The number of halogens is 5. The molecular weight excluding hydrogens is 675 g/mol. The maximum atomic E-state index is 16.8. The van der Waals surface area contributed by atoms with Gasteiger partial charge in [-0.15, -0.1) is 0 Å². The van der Waals surface area contributed by atoms with E-state index in [9.17, 15) is 27.5 Å². The fourth-order valence-corrected chi connectivity index (χ4v) is 7.35. The first-order chi connectivity index (χ1) is 24.4. The number of phenols is 1. The van der Waals surface area contributed by atoms with Gasteiger partial charge in [-0.1, -0.05) is 13.0 Å². The number of aromatic nitrogens is 5. The molecule has 0 radical (unpaired) electrons. The van der Waals surface area contributed by atoms with E-state index in [-0.39, 0.29) is 77.1 Å². The predicted molar refractivity (Wildman–Crippen MR) is 179 cm³/mol. The molecule has 5 aromatic rings. The lowest BCUT2D eigenvalue weighted by Gasteiger charge is -2.30. The largest absolute Gasteiger partial charge is 0.508 e. The van der Waals surface area contributed by atoms with Crippen molar-refractivity contribution in [3.63, 3.8) is 0 Å². The van der Waals surface area contributed by atoms with Gasteiger partial charge in [0.1, 0.15) is 47.1 Å². The normalized spacial score (nSPS) is 19.0. The third kappa shape index (κ3) is 6.15. The van der Waals surface area contributed by atoms with Crippen molar-refractivity contribution in [1.29, 1.82) is 0 Å². The molecule has 3 aromatic heterocycles. The molecule has 2 aromatic carbocycles. The lowest BCUT2D eigenvalue weighted by Crippen LogP contribution is -2.43. The number of anilines is 1. The van der Waals surface area contributed by atoms with Crippen LogP contribution < -0.4 is 10.1 Å². The van der Waals surface area contributed by atoms with Crippen molar-refractivity contribution in [3.05, 3.63) is 65.1 Å². The summed E-state index contributed by atoms with van der Waals surface area (Å²) in [4.78, 5) is 29.0. The summed E-state index contributed by atoms with van der Waals surface area (Å²) in [6.45, 7) is -0.472. The molecule has 16 heteroatoms. The molecule has 2 N–H and O–H groups in total. The molecule has 0 aliphatic carbocycles. The van der Waals surface area contributed by atoms with Crippen molar-refractivity contribution in [2.75, 3.05) is 39.1 Å². The van der Waals surface area contributed by atoms with E-state index in [0.717, 1.165) is 17.9 Å². The second kappa shape index (κ2) is 13.2. The Balaban J connectivity index is 1.32. The quantitative estimate of drug-likeness (QED) is 0.162. The van der Waals surface area contributed by atoms with Crippen molar-refractivity contribution in [1.82, 2.24) is 34.5 Å². The number of nitrogens with one attached hydrogen (secondary N) is 1. The zero-order valence-electron chi connectivity index (χ0n) is 28.1. The first-order valence-corrected chi connectivity index (χ1v) is 16.5. The van der Waals surface area contributed by atoms with Crippen LogP contribution in [0.3, 0.4) is 0 Å². The second-order valence-electron chi connectivity index (χ2n) is 13.2. The predicted octanol–water partition coefficient (Wildman–Crippen LogP) is 6.25. The minimum absolute atomic E-state index is 0.0247. The monoisotopic (exact) mass is 710 g/mol. The number of ether oxygens (including phenoxy) is 1. The van der Waals surface area contributed by atoms with Gasteiger partial charge < -0.3 is 20.1 Å². The van der Waals surface area contributed by atoms with Gasteiger partial charge in [0.25, 0.3) is 5.91 Å². The molecule has 11 nitrogen and oxygen atoms in total. The maximum absolute atomic E-state index is 16.8. The van der Waals surface area contributed by atoms with Crippen molar-refractivity contribution in [2.24, 2.45) is 0 Å². The second-order valence-corrected chi connectivity index (χ2v) is 13.2. The molecule has 2 aliphatic rings. The van der Waals surface area contributed by atoms with E-state index >= 15 is 4.39 Å². The first-order valence-electron chi connectivity index (χ1n) is 16.5. The number of benzene rings is 2. The van der Waals surface area contributed by atoms with Gasteiger partial charge in [0.05, 0.1) is 23.2 Å². The SMILES string of the molecule is CCc1c(F)ccc2cc(O)cc(-c3ncc4c(NCc5cc(C(=O)N(C)C)n(C(F)F)n5)nc(OC[C@@]56CCCN5C[C@H](F)C6)nc4c3F)c12. The smallest absolute Gasteiger partial charge is 0.333 e. The topological polar surface area (TPSA) is 122 Å². The van der Waals surface area contributed by atoms with Crippen LogP contribution in [0.5, 0.6) is 11.8 Å². The summed E-state index contributed by atoms with van der Waals surface area (Å²) in [6.07, 6.45) is 2.42. The summed E-state index contributed by atoms with van der Waals surface area (Å²) in [5.74, 6) is -2.23. The molecule has 268 valence electrons. The van der Waals surface area contributed by atoms with Gasteiger partial charge in [-0.05, 0) is 66.4 Å². The molecule has 2 atom stereocenters. The minimum Gasteiger partial charge on any atom is -0.508 e. The van der Waals surface area contributed by atoms with Gasteiger partial charge in [0, 0.05) is 38.8 Å². The number of fused-ring (bicyclic) bond motifs is 3. The van der Waals surface area contributed by atoms with Gasteiger partial charge in [0.15, 0.2) is 5.82 Å². The van der Waals surface area contributed by atoms with Crippen molar-refractivity contribution in [2.45, 2.75) is 57.4 Å². The third-order valence-electron chi connectivity index (χ3n) is 9.69. The summed E-state index contributed by atoms with van der Waals surface area (Å²) in [6, 6.07) is 6.53. The summed E-state index contributed by atoms with van der Waals surface area (Å²) in [5.41, 5.74) is -0.797. The lowest BCUT2D eigenvalue weighted by molar-refractivity contribution is 0.0481. The van der Waals surface area contributed by atoms with E-state index in [2.05, 4.69) is 25.4 Å². The number of rotatable bonds is 10. The Hall–Kier alpha value is -5.12. The van der Waals surface area contributed by atoms with Crippen LogP contribution in [-0.4, -0.2) is 91.0 Å². The number of carbonyl (C=O) groups is 1. The number of aromatic hydroxyl groups is 1. The summed E-state index contributed by atoms with van der Waals surface area (Å²) >= 11 is 0. The number of pyridine rings is 1. The molecule has 2 fully saturated rings. The van der Waals surface area contributed by atoms with E-state index < -0.39 is 35.8 Å². The average molecular weight is 711 g/mol. The highest BCUT2D eigenvalue weighted by molar-refractivity contribution is 6.01. The third-order valence-corrected chi connectivity index (χ3v) is 9.69. The van der Waals surface area contributed by atoms with E-state index in [0.29, 0.717) is 34.0 Å². The molecule has 5 heterocycles. The van der Waals surface area contributed by atoms with Gasteiger partial charge in [-0.25, -0.2) is 13.2 Å². The molecular formula is C35H35F5N8O3. The van der Waals surface area contributed by atoms with Crippen LogP contribution >= 0.6 is 0 Å². The highest BCUT2D eigenvalue weighted by Gasteiger charge is 2.49. The van der Waals surface area contributed by atoms with Crippen LogP contribution in [0.2, 0.25) is 0 Å². The fourth-order valence-electron chi connectivity index (χ4n) is 7.35. The maximum Gasteiger partial charge on any atom is 0.333 e. The molecule has 0 bridgehead atoms. The Kier molecular flexibility index (Phi) is 8.89. The standard InChI is InChI=1S/C35H35F5N8O3/c1-4-22-25(37)7-6-18-10-21(49)12-23(27(18)22)29-28(38)30-24(15-41-29)31(42-14-20-11-26(32(50)46(2)3)48(45-20)33(39)40)44-34(43-30)51-17-35-8-5-9-47(35)16-19(36)13-35/h6-7,10-12,15,19,33,49H,4-5,8-9,13-14,16-17H2,1-3H3,(H,42,43,44)/t19-,35+/m1/s1. The van der Waals surface area contributed by atoms with Crippen molar-refractivity contribution >= 4 is 33.4 Å². The highest BCUT2D eigenvalue weighted by Crippen LogP contribution is 2.41. The fraction of sp³-hybridized carbons (Fsp3) is 0.400. The molecule has 0 spiro atoms. The summed E-state index contributed by atoms with van der Waals surface area (Å²) < 4.78 is 80.2. The zero-order valence-corrected chi connectivity index (χ0v) is 28.1. The lowest BCUT2D eigenvalue weighted by atomic mass is 9.94. The van der Waals surface area contributed by atoms with Crippen LogP contribution in [0.15, 0.2) is 36.5 Å². The number of carbonyl (C=O) groups excluding carboxylic acids is 1. The number of alkyl halides is 3.